The molecule has 102 valence electrons. The first-order valence-electron chi connectivity index (χ1n) is 6.17. The highest BCUT2D eigenvalue weighted by Gasteiger charge is 2.21. The second-order valence-electron chi connectivity index (χ2n) is 4.41. The van der Waals surface area contributed by atoms with Gasteiger partial charge >= 0.3 is 6.09 Å². The van der Waals surface area contributed by atoms with Gasteiger partial charge in [0.2, 0.25) is 0 Å². The fourth-order valence-electron chi connectivity index (χ4n) is 1.72. The number of para-hydroxylation sites is 1. The number of carbonyl (C=O) groups is 1. The highest BCUT2D eigenvalue weighted by atomic mass is 16.5. The van der Waals surface area contributed by atoms with Crippen LogP contribution >= 0.6 is 0 Å². The number of nitrogens with two attached hydrogens (primary N) is 1. The maximum atomic E-state index is 11.5. The molecule has 19 heavy (non-hydrogen) atoms. The lowest BCUT2D eigenvalue weighted by molar-refractivity contribution is 0.211. The van der Waals surface area contributed by atoms with Gasteiger partial charge in [0.25, 0.3) is 0 Å². The zero-order valence-electron chi connectivity index (χ0n) is 10.5. The molecule has 3 N–H and O–H groups in total. The second-order valence-corrected chi connectivity index (χ2v) is 4.41. The van der Waals surface area contributed by atoms with Gasteiger partial charge in [-0.1, -0.05) is 24.6 Å². The molecular formula is C14H18N2O3. The molecule has 1 amide bonds. The normalized spacial score (nSPS) is 16.8. The number of carbonyl (C=O) groups excluding carboxylic acids is 1. The predicted molar refractivity (Wildman–Crippen MR) is 74.3 cm³/mol. The molecule has 0 saturated heterocycles. The number of hydrogen-bond acceptors (Lipinski definition) is 3. The summed E-state index contributed by atoms with van der Waals surface area (Å²) < 4.78 is 4.95. The summed E-state index contributed by atoms with van der Waals surface area (Å²) in [7, 11) is 0. The van der Waals surface area contributed by atoms with Crippen molar-refractivity contribution in [1.29, 1.82) is 0 Å². The summed E-state index contributed by atoms with van der Waals surface area (Å²) in [5.74, 6) is 0.681. The lowest BCUT2D eigenvalue weighted by Gasteiger charge is -2.24. The monoisotopic (exact) mass is 262 g/mol. The molecule has 0 aromatic heterocycles. The van der Waals surface area contributed by atoms with E-state index in [-0.39, 0.29) is 18.9 Å². The van der Waals surface area contributed by atoms with Gasteiger partial charge in [-0.05, 0) is 25.0 Å². The Hall–Kier alpha value is -2.30. The van der Waals surface area contributed by atoms with Crippen LogP contribution in [0.5, 0.6) is 5.75 Å². The molecule has 5 nitrogen and oxygen atoms in total. The number of allylic oxidation sites excluding steroid dienone is 1. The number of rotatable bonds is 3. The third-order valence-corrected chi connectivity index (χ3v) is 2.99. The maximum absolute atomic E-state index is 11.5. The van der Waals surface area contributed by atoms with Gasteiger partial charge < -0.3 is 15.6 Å². The number of nitrogens with zero attached hydrogens (tertiary/aromatic N) is 1. The van der Waals surface area contributed by atoms with Crippen LogP contribution in [0.2, 0.25) is 0 Å². The summed E-state index contributed by atoms with van der Waals surface area (Å²) in [6, 6.07) is 8.60. The summed E-state index contributed by atoms with van der Waals surface area (Å²) in [6.07, 6.45) is 3.52. The zero-order chi connectivity index (χ0) is 13.7. The van der Waals surface area contributed by atoms with Crippen molar-refractivity contribution in [3.05, 3.63) is 42.2 Å². The SMILES string of the molecule is NC(/C=C(\O)C1CCC1)=N/C(=O)Oc1ccccc1.[HH]. The van der Waals surface area contributed by atoms with Crippen molar-refractivity contribution in [2.45, 2.75) is 19.3 Å². The summed E-state index contributed by atoms with van der Waals surface area (Å²) in [4.78, 5) is 15.0. The Morgan fingerprint density at radius 3 is 2.68 bits per heavy atom. The topological polar surface area (TPSA) is 84.9 Å². The average Bonchev–Trinajstić information content (AvgIpc) is 2.26. The van der Waals surface area contributed by atoms with Crippen molar-refractivity contribution in [3.63, 3.8) is 0 Å². The van der Waals surface area contributed by atoms with E-state index in [9.17, 15) is 9.90 Å². The minimum atomic E-state index is -0.804. The first-order valence-corrected chi connectivity index (χ1v) is 6.17. The number of hydrogen-bond donors (Lipinski definition) is 2. The standard InChI is InChI=1S/C14H16N2O3.H2/c15-13(9-12(17)10-5-4-6-10)16-14(18)19-11-7-2-1-3-8-11;/h1-3,7-10,17H,4-6H2,(H2,15,16,18);1H/b12-9-;. The smallest absolute Gasteiger partial charge is 0.441 e. The first kappa shape index (κ1) is 13.1. The molecule has 0 radical (unpaired) electrons. The van der Waals surface area contributed by atoms with E-state index < -0.39 is 6.09 Å². The second kappa shape index (κ2) is 6.04. The molecule has 2 rings (SSSR count). The number of aliphatic imine (C=N–C) groups is 1. The highest BCUT2D eigenvalue weighted by Crippen LogP contribution is 2.31. The van der Waals surface area contributed by atoms with Gasteiger partial charge in [-0.15, -0.1) is 0 Å². The van der Waals surface area contributed by atoms with Crippen LogP contribution in [-0.4, -0.2) is 17.0 Å². The molecule has 1 aliphatic carbocycles. The summed E-state index contributed by atoms with van der Waals surface area (Å²) in [5.41, 5.74) is 5.56. The van der Waals surface area contributed by atoms with Crippen LogP contribution < -0.4 is 10.5 Å². The molecule has 0 atom stereocenters. The molecule has 1 saturated carbocycles. The fraction of sp³-hybridized carbons (Fsp3) is 0.286. The number of aliphatic hydroxyl groups is 1. The third-order valence-electron chi connectivity index (χ3n) is 2.99. The molecule has 1 aromatic rings. The molecule has 0 aliphatic heterocycles. The lowest BCUT2D eigenvalue weighted by Crippen LogP contribution is -2.18. The van der Waals surface area contributed by atoms with E-state index in [4.69, 9.17) is 10.5 Å². The van der Waals surface area contributed by atoms with Crippen molar-refractivity contribution in [2.75, 3.05) is 0 Å². The average molecular weight is 262 g/mol. The number of ether oxygens (including phenoxy) is 1. The van der Waals surface area contributed by atoms with Crippen molar-refractivity contribution >= 4 is 11.9 Å². The number of amides is 1. The van der Waals surface area contributed by atoms with Crippen molar-refractivity contribution < 1.29 is 16.1 Å². The van der Waals surface area contributed by atoms with Crippen molar-refractivity contribution in [2.24, 2.45) is 16.6 Å². The Bertz CT molecular complexity index is 510. The molecular weight excluding hydrogens is 244 g/mol. The summed E-state index contributed by atoms with van der Waals surface area (Å²) in [5, 5.41) is 9.69. The van der Waals surface area contributed by atoms with Crippen LogP contribution in [0.15, 0.2) is 47.2 Å². The molecule has 1 aliphatic rings. The molecule has 0 heterocycles. The van der Waals surface area contributed by atoms with E-state index in [0.717, 1.165) is 19.3 Å². The molecule has 0 unspecified atom stereocenters. The van der Waals surface area contributed by atoms with Gasteiger partial charge in [0.1, 0.15) is 11.6 Å². The van der Waals surface area contributed by atoms with Crippen LogP contribution in [0.25, 0.3) is 0 Å². The number of aliphatic hydroxyl groups excluding tert-OH is 1. The van der Waals surface area contributed by atoms with Crippen molar-refractivity contribution in [1.82, 2.24) is 0 Å². The van der Waals surface area contributed by atoms with Gasteiger partial charge in [-0.2, -0.15) is 4.99 Å². The van der Waals surface area contributed by atoms with Gasteiger partial charge in [-0.25, -0.2) is 4.79 Å². The minimum Gasteiger partial charge on any atom is -0.512 e. The van der Waals surface area contributed by atoms with Crippen LogP contribution in [0, 0.1) is 5.92 Å². The first-order chi connectivity index (χ1) is 9.15. The summed E-state index contributed by atoms with van der Waals surface area (Å²) in [6.45, 7) is 0. The number of amidine groups is 1. The van der Waals surface area contributed by atoms with Crippen molar-refractivity contribution in [3.8, 4) is 5.75 Å². The van der Waals surface area contributed by atoms with Crippen LogP contribution in [0.3, 0.4) is 0 Å². The highest BCUT2D eigenvalue weighted by molar-refractivity contribution is 5.98. The van der Waals surface area contributed by atoms with Gasteiger partial charge in [0.15, 0.2) is 0 Å². The zero-order valence-corrected chi connectivity index (χ0v) is 10.5. The van der Waals surface area contributed by atoms with E-state index in [0.29, 0.717) is 5.75 Å². The Morgan fingerprint density at radius 2 is 2.11 bits per heavy atom. The Morgan fingerprint density at radius 1 is 1.42 bits per heavy atom. The molecule has 1 aromatic carbocycles. The van der Waals surface area contributed by atoms with Crippen LogP contribution in [0.4, 0.5) is 4.79 Å². The van der Waals surface area contributed by atoms with E-state index in [1.54, 1.807) is 24.3 Å². The Balaban J connectivity index is 0.00000200. The Labute approximate surface area is 112 Å². The van der Waals surface area contributed by atoms with E-state index >= 15 is 0 Å². The van der Waals surface area contributed by atoms with E-state index in [2.05, 4.69) is 4.99 Å². The fourth-order valence-corrected chi connectivity index (χ4v) is 1.72. The molecule has 5 heteroatoms. The van der Waals surface area contributed by atoms with Crippen LogP contribution in [0.1, 0.15) is 20.7 Å². The summed E-state index contributed by atoms with van der Waals surface area (Å²) >= 11 is 0. The van der Waals surface area contributed by atoms with E-state index in [1.165, 1.54) is 6.08 Å². The van der Waals surface area contributed by atoms with Gasteiger partial charge in [0, 0.05) is 13.4 Å². The maximum Gasteiger partial charge on any atom is 0.441 e. The number of benzene rings is 1. The Kier molecular flexibility index (Phi) is 4.18. The molecule has 0 bridgehead atoms. The molecule has 0 spiro atoms. The molecule has 1 fully saturated rings. The minimum absolute atomic E-state index is 0. The largest absolute Gasteiger partial charge is 0.512 e. The predicted octanol–water partition coefficient (Wildman–Crippen LogP) is 3.03. The quantitative estimate of drug-likeness (QED) is 0.498. The van der Waals surface area contributed by atoms with Crippen LogP contribution in [-0.2, 0) is 0 Å². The third kappa shape index (κ3) is 3.84. The van der Waals surface area contributed by atoms with Gasteiger partial charge in [-0.3, -0.25) is 0 Å². The lowest BCUT2D eigenvalue weighted by atomic mass is 9.84. The van der Waals surface area contributed by atoms with E-state index in [1.807, 2.05) is 6.07 Å². The van der Waals surface area contributed by atoms with Gasteiger partial charge in [0.05, 0.1) is 5.76 Å².